The molecule has 1 aliphatic rings. The molecule has 0 saturated carbocycles. The number of nitrogens with one attached hydrogen (secondary N) is 1. The molecule has 0 aliphatic carbocycles. The molecule has 0 spiro atoms. The first-order chi connectivity index (χ1) is 9.15. The van der Waals surface area contributed by atoms with Crippen molar-refractivity contribution in [3.05, 3.63) is 10.2 Å². The van der Waals surface area contributed by atoms with Crippen LogP contribution >= 0.6 is 23.6 Å². The molecule has 2 aromatic rings. The fourth-order valence-corrected chi connectivity index (χ4v) is 3.42. The Morgan fingerprint density at radius 1 is 1.53 bits per heavy atom. The quantitative estimate of drug-likeness (QED) is 0.866. The minimum Gasteiger partial charge on any atom is -0.348 e. The first-order valence-corrected chi connectivity index (χ1v) is 7.76. The largest absolute Gasteiger partial charge is 0.348 e. The SMILES string of the molecule is CC1CCCN(c2nc(-c3n[nH]c(=S)n3C)cs2)C1. The fraction of sp³-hybridized carbons (Fsp3) is 0.583. The zero-order chi connectivity index (χ0) is 13.4. The molecule has 0 radical (unpaired) electrons. The van der Waals surface area contributed by atoms with Gasteiger partial charge in [0.2, 0.25) is 0 Å². The number of hydrogen-bond acceptors (Lipinski definition) is 5. The van der Waals surface area contributed by atoms with Crippen LogP contribution in [-0.2, 0) is 7.05 Å². The summed E-state index contributed by atoms with van der Waals surface area (Å²) >= 11 is 6.82. The molecule has 19 heavy (non-hydrogen) atoms. The van der Waals surface area contributed by atoms with E-state index in [9.17, 15) is 0 Å². The van der Waals surface area contributed by atoms with E-state index in [0.29, 0.717) is 4.77 Å². The second-order valence-corrected chi connectivity index (χ2v) is 6.34. The van der Waals surface area contributed by atoms with Gasteiger partial charge < -0.3 is 9.47 Å². The molecular weight excluding hydrogens is 278 g/mol. The van der Waals surface area contributed by atoms with E-state index >= 15 is 0 Å². The number of nitrogens with zero attached hydrogens (tertiary/aromatic N) is 4. The van der Waals surface area contributed by atoms with E-state index in [1.165, 1.54) is 12.8 Å². The highest BCUT2D eigenvalue weighted by molar-refractivity contribution is 7.71. The number of aromatic amines is 1. The Kier molecular flexibility index (Phi) is 3.40. The molecule has 7 heteroatoms. The van der Waals surface area contributed by atoms with Crippen LogP contribution in [0.4, 0.5) is 5.13 Å². The van der Waals surface area contributed by atoms with Gasteiger partial charge in [0.25, 0.3) is 0 Å². The summed E-state index contributed by atoms with van der Waals surface area (Å²) in [5.74, 6) is 1.55. The number of piperidine rings is 1. The second-order valence-electron chi connectivity index (χ2n) is 5.12. The van der Waals surface area contributed by atoms with E-state index < -0.39 is 0 Å². The van der Waals surface area contributed by atoms with Crippen LogP contribution in [0.25, 0.3) is 11.5 Å². The van der Waals surface area contributed by atoms with Crippen molar-refractivity contribution in [2.45, 2.75) is 19.8 Å². The maximum atomic E-state index is 5.13. The molecule has 3 heterocycles. The number of hydrogen-bond donors (Lipinski definition) is 1. The Morgan fingerprint density at radius 2 is 2.37 bits per heavy atom. The third kappa shape index (κ3) is 2.44. The predicted octanol–water partition coefficient (Wildman–Crippen LogP) is 2.84. The van der Waals surface area contributed by atoms with Crippen LogP contribution in [0.5, 0.6) is 0 Å². The Balaban J connectivity index is 1.87. The summed E-state index contributed by atoms with van der Waals surface area (Å²) in [7, 11) is 1.91. The lowest BCUT2D eigenvalue weighted by Crippen LogP contribution is -2.34. The molecule has 1 saturated heterocycles. The van der Waals surface area contributed by atoms with Crippen molar-refractivity contribution in [2.75, 3.05) is 18.0 Å². The lowest BCUT2D eigenvalue weighted by Gasteiger charge is -2.30. The summed E-state index contributed by atoms with van der Waals surface area (Å²) in [5, 5.41) is 10.2. The van der Waals surface area contributed by atoms with Crippen LogP contribution in [0.2, 0.25) is 0 Å². The molecule has 3 rings (SSSR count). The molecule has 1 atom stereocenters. The smallest absolute Gasteiger partial charge is 0.195 e. The molecule has 1 aliphatic heterocycles. The average molecular weight is 295 g/mol. The van der Waals surface area contributed by atoms with Crippen molar-refractivity contribution in [2.24, 2.45) is 13.0 Å². The van der Waals surface area contributed by atoms with Crippen LogP contribution in [-0.4, -0.2) is 32.8 Å². The summed E-state index contributed by atoms with van der Waals surface area (Å²) in [6.45, 7) is 4.51. The number of aromatic nitrogens is 4. The predicted molar refractivity (Wildman–Crippen MR) is 80.1 cm³/mol. The third-order valence-corrected chi connectivity index (χ3v) is 4.80. The topological polar surface area (TPSA) is 49.7 Å². The normalized spacial score (nSPS) is 19.9. The molecule has 102 valence electrons. The molecule has 1 fully saturated rings. The lowest BCUT2D eigenvalue weighted by atomic mass is 10.0. The van der Waals surface area contributed by atoms with Gasteiger partial charge in [0.1, 0.15) is 5.69 Å². The van der Waals surface area contributed by atoms with Gasteiger partial charge in [0, 0.05) is 25.5 Å². The standard InChI is InChI=1S/C12H17N5S2/c1-8-4-3-5-17(6-8)12-13-9(7-19-12)10-14-15-11(18)16(10)2/h7-8H,3-6H2,1-2H3,(H,15,18). The number of rotatable bonds is 2. The van der Waals surface area contributed by atoms with Gasteiger partial charge in [-0.3, -0.25) is 5.10 Å². The number of H-pyrrole nitrogens is 1. The average Bonchev–Trinajstić information content (AvgIpc) is 2.98. The summed E-state index contributed by atoms with van der Waals surface area (Å²) < 4.78 is 2.48. The molecule has 1 unspecified atom stereocenters. The molecular formula is C12H17N5S2. The Labute approximate surface area is 121 Å². The van der Waals surface area contributed by atoms with Crippen molar-refractivity contribution >= 4 is 28.7 Å². The van der Waals surface area contributed by atoms with Crippen LogP contribution in [0.15, 0.2) is 5.38 Å². The first-order valence-electron chi connectivity index (χ1n) is 6.47. The van der Waals surface area contributed by atoms with Gasteiger partial charge >= 0.3 is 0 Å². The van der Waals surface area contributed by atoms with Gasteiger partial charge in [-0.25, -0.2) is 4.98 Å². The molecule has 0 bridgehead atoms. The van der Waals surface area contributed by atoms with Gasteiger partial charge in [-0.2, -0.15) is 5.10 Å². The zero-order valence-corrected chi connectivity index (χ0v) is 12.7. The van der Waals surface area contributed by atoms with E-state index in [0.717, 1.165) is 35.7 Å². The molecule has 2 aromatic heterocycles. The summed E-state index contributed by atoms with van der Waals surface area (Å²) in [4.78, 5) is 7.09. The summed E-state index contributed by atoms with van der Waals surface area (Å²) in [5.41, 5.74) is 0.896. The van der Waals surface area contributed by atoms with E-state index in [4.69, 9.17) is 17.2 Å². The zero-order valence-electron chi connectivity index (χ0n) is 11.1. The minimum absolute atomic E-state index is 0.621. The van der Waals surface area contributed by atoms with Gasteiger partial charge in [0.15, 0.2) is 15.7 Å². The van der Waals surface area contributed by atoms with Crippen LogP contribution in [0.3, 0.4) is 0 Å². The fourth-order valence-electron chi connectivity index (χ4n) is 2.45. The van der Waals surface area contributed by atoms with Crippen LogP contribution in [0, 0.1) is 10.7 Å². The monoisotopic (exact) mass is 295 g/mol. The second kappa shape index (κ2) is 5.05. The number of anilines is 1. The Bertz CT molecular complexity index is 626. The van der Waals surface area contributed by atoms with Gasteiger partial charge in [-0.15, -0.1) is 11.3 Å². The highest BCUT2D eigenvalue weighted by atomic mass is 32.1. The highest BCUT2D eigenvalue weighted by Gasteiger charge is 2.20. The number of thiazole rings is 1. The van der Waals surface area contributed by atoms with Crippen LogP contribution < -0.4 is 4.90 Å². The van der Waals surface area contributed by atoms with E-state index in [1.807, 2.05) is 11.6 Å². The summed E-state index contributed by atoms with van der Waals surface area (Å²) in [6.07, 6.45) is 2.57. The van der Waals surface area contributed by atoms with Crippen molar-refractivity contribution in [1.82, 2.24) is 19.7 Å². The minimum atomic E-state index is 0.621. The summed E-state index contributed by atoms with van der Waals surface area (Å²) in [6, 6.07) is 0. The van der Waals surface area contributed by atoms with E-state index in [2.05, 4.69) is 27.4 Å². The lowest BCUT2D eigenvalue weighted by molar-refractivity contribution is 0.446. The first kappa shape index (κ1) is 12.8. The van der Waals surface area contributed by atoms with Crippen molar-refractivity contribution in [1.29, 1.82) is 0 Å². The van der Waals surface area contributed by atoms with E-state index in [-0.39, 0.29) is 0 Å². The molecule has 5 nitrogen and oxygen atoms in total. The third-order valence-electron chi connectivity index (χ3n) is 3.53. The van der Waals surface area contributed by atoms with Crippen molar-refractivity contribution in [3.63, 3.8) is 0 Å². The maximum Gasteiger partial charge on any atom is 0.195 e. The molecule has 1 N–H and O–H groups in total. The molecule has 0 aromatic carbocycles. The Hall–Kier alpha value is -1.21. The van der Waals surface area contributed by atoms with Crippen molar-refractivity contribution < 1.29 is 0 Å². The van der Waals surface area contributed by atoms with E-state index in [1.54, 1.807) is 11.3 Å². The molecule has 0 amide bonds. The Morgan fingerprint density at radius 3 is 3.05 bits per heavy atom. The van der Waals surface area contributed by atoms with Crippen LogP contribution in [0.1, 0.15) is 19.8 Å². The highest BCUT2D eigenvalue weighted by Crippen LogP contribution is 2.29. The van der Waals surface area contributed by atoms with Gasteiger partial charge in [-0.05, 0) is 31.0 Å². The van der Waals surface area contributed by atoms with Gasteiger partial charge in [0.05, 0.1) is 0 Å². The van der Waals surface area contributed by atoms with Gasteiger partial charge in [-0.1, -0.05) is 6.92 Å². The van der Waals surface area contributed by atoms with Crippen molar-refractivity contribution in [3.8, 4) is 11.5 Å². The maximum absolute atomic E-state index is 5.13.